The number of rotatable bonds is 7. The van der Waals surface area contributed by atoms with Crippen molar-refractivity contribution in [2.24, 2.45) is 10.9 Å². The average Bonchev–Trinajstić information content (AvgIpc) is 3.23. The van der Waals surface area contributed by atoms with Gasteiger partial charge < -0.3 is 20.1 Å². The van der Waals surface area contributed by atoms with E-state index in [4.69, 9.17) is 14.5 Å². The number of ether oxygens (including phenoxy) is 2. The molecule has 3 rings (SSSR count). The van der Waals surface area contributed by atoms with Crippen molar-refractivity contribution in [1.82, 2.24) is 10.6 Å². The van der Waals surface area contributed by atoms with Crippen LogP contribution >= 0.6 is 0 Å². The van der Waals surface area contributed by atoms with E-state index in [1.165, 1.54) is 18.4 Å². The molecule has 2 N–H and O–H groups in total. The summed E-state index contributed by atoms with van der Waals surface area (Å²) >= 11 is 0. The summed E-state index contributed by atoms with van der Waals surface area (Å²) in [7, 11) is 0. The van der Waals surface area contributed by atoms with Crippen LogP contribution in [0.4, 0.5) is 0 Å². The third kappa shape index (κ3) is 5.13. The average molecular weight is 331 g/mol. The number of aryl methyl sites for hydroxylation is 1. The van der Waals surface area contributed by atoms with Gasteiger partial charge in [0, 0.05) is 30.7 Å². The van der Waals surface area contributed by atoms with E-state index < -0.39 is 0 Å². The topological polar surface area (TPSA) is 54.9 Å². The van der Waals surface area contributed by atoms with Gasteiger partial charge in [-0.1, -0.05) is 12.1 Å². The van der Waals surface area contributed by atoms with Gasteiger partial charge in [-0.3, -0.25) is 0 Å². The Bertz CT molecular complexity index is 564. The molecule has 0 aromatic heterocycles. The third-order valence-electron chi connectivity index (χ3n) is 4.39. The van der Waals surface area contributed by atoms with Crippen LogP contribution in [0.25, 0.3) is 0 Å². The normalized spacial score (nSPS) is 20.9. The molecule has 5 nitrogen and oxygen atoms in total. The molecule has 1 aliphatic heterocycles. The van der Waals surface area contributed by atoms with Crippen LogP contribution in [0.15, 0.2) is 23.2 Å². The summed E-state index contributed by atoms with van der Waals surface area (Å²) in [5.41, 5.74) is 2.34. The number of benzene rings is 1. The van der Waals surface area contributed by atoms with Crippen molar-refractivity contribution < 1.29 is 9.47 Å². The second-order valence-corrected chi connectivity index (χ2v) is 6.77. The van der Waals surface area contributed by atoms with Gasteiger partial charge in [0.1, 0.15) is 5.75 Å². The molecule has 1 saturated heterocycles. The van der Waals surface area contributed by atoms with Gasteiger partial charge in [0.2, 0.25) is 0 Å². The lowest BCUT2D eigenvalue weighted by Gasteiger charge is -2.15. The number of nitrogens with zero attached hydrogens (tertiary/aromatic N) is 1. The van der Waals surface area contributed by atoms with Gasteiger partial charge in [0.25, 0.3) is 0 Å². The quantitative estimate of drug-likeness (QED) is 0.596. The molecule has 1 atom stereocenters. The van der Waals surface area contributed by atoms with Gasteiger partial charge in [-0.2, -0.15) is 0 Å². The molecule has 0 spiro atoms. The van der Waals surface area contributed by atoms with E-state index in [0.29, 0.717) is 18.5 Å². The van der Waals surface area contributed by atoms with Crippen molar-refractivity contribution >= 4 is 5.96 Å². The van der Waals surface area contributed by atoms with Crippen molar-refractivity contribution in [2.45, 2.75) is 45.7 Å². The Kier molecular flexibility index (Phi) is 5.96. The molecular formula is C19H29N3O2. The van der Waals surface area contributed by atoms with Gasteiger partial charge >= 0.3 is 0 Å². The second kappa shape index (κ2) is 8.38. The summed E-state index contributed by atoms with van der Waals surface area (Å²) < 4.78 is 11.5. The van der Waals surface area contributed by atoms with E-state index in [2.05, 4.69) is 42.7 Å². The zero-order chi connectivity index (χ0) is 16.8. The van der Waals surface area contributed by atoms with Crippen molar-refractivity contribution in [1.29, 1.82) is 0 Å². The Morgan fingerprint density at radius 2 is 2.21 bits per heavy atom. The van der Waals surface area contributed by atoms with Crippen LogP contribution < -0.4 is 15.4 Å². The van der Waals surface area contributed by atoms with E-state index >= 15 is 0 Å². The maximum Gasteiger partial charge on any atom is 0.191 e. The summed E-state index contributed by atoms with van der Waals surface area (Å²) in [6.07, 6.45) is 3.58. The molecule has 1 heterocycles. The first-order chi connectivity index (χ1) is 11.7. The standard InChI is InChI=1S/C19H29N3O2/c1-3-20-19(22-17-6-7-17)21-11-16-5-4-14(2)10-18(16)24-13-15-8-9-23-12-15/h4-5,10,15,17H,3,6-9,11-13H2,1-2H3,(H2,20,21,22). The predicted octanol–water partition coefficient (Wildman–Crippen LogP) is 2.63. The minimum Gasteiger partial charge on any atom is -0.493 e. The summed E-state index contributed by atoms with van der Waals surface area (Å²) in [6.45, 7) is 8.08. The zero-order valence-corrected chi connectivity index (χ0v) is 14.8. The van der Waals surface area contributed by atoms with Gasteiger partial charge in [0.15, 0.2) is 5.96 Å². The first-order valence-corrected chi connectivity index (χ1v) is 9.09. The molecule has 1 aliphatic carbocycles. The van der Waals surface area contributed by atoms with Crippen molar-refractivity contribution in [2.75, 3.05) is 26.4 Å². The number of aliphatic imine (C=N–C) groups is 1. The molecule has 0 amide bonds. The Hall–Kier alpha value is -1.75. The molecular weight excluding hydrogens is 302 g/mol. The maximum atomic E-state index is 6.10. The van der Waals surface area contributed by atoms with Crippen molar-refractivity contribution in [3.8, 4) is 5.75 Å². The van der Waals surface area contributed by atoms with Crippen molar-refractivity contribution in [3.63, 3.8) is 0 Å². The van der Waals surface area contributed by atoms with Crippen LogP contribution in [0.1, 0.15) is 37.3 Å². The summed E-state index contributed by atoms with van der Waals surface area (Å²) in [6, 6.07) is 6.96. The van der Waals surface area contributed by atoms with E-state index in [-0.39, 0.29) is 0 Å². The van der Waals surface area contributed by atoms with Crippen LogP contribution in [0.5, 0.6) is 5.75 Å². The van der Waals surface area contributed by atoms with Gasteiger partial charge in [-0.25, -0.2) is 4.99 Å². The van der Waals surface area contributed by atoms with Crippen molar-refractivity contribution in [3.05, 3.63) is 29.3 Å². The first kappa shape index (κ1) is 17.1. The predicted molar refractivity (Wildman–Crippen MR) is 96.6 cm³/mol. The van der Waals surface area contributed by atoms with Crippen LogP contribution in [-0.4, -0.2) is 38.4 Å². The highest BCUT2D eigenvalue weighted by molar-refractivity contribution is 5.80. The van der Waals surface area contributed by atoms with E-state index in [1.807, 2.05) is 0 Å². The number of hydrogen-bond acceptors (Lipinski definition) is 3. The van der Waals surface area contributed by atoms with Crippen LogP contribution in [0.3, 0.4) is 0 Å². The lowest BCUT2D eigenvalue weighted by Crippen LogP contribution is -2.38. The fourth-order valence-electron chi connectivity index (χ4n) is 2.75. The maximum absolute atomic E-state index is 6.10. The van der Waals surface area contributed by atoms with E-state index in [0.717, 1.165) is 50.1 Å². The third-order valence-corrected chi connectivity index (χ3v) is 4.39. The number of guanidine groups is 1. The minimum absolute atomic E-state index is 0.510. The Labute approximate surface area is 144 Å². The van der Waals surface area contributed by atoms with Crippen LogP contribution in [-0.2, 0) is 11.3 Å². The highest BCUT2D eigenvalue weighted by Gasteiger charge is 2.22. The molecule has 1 aromatic rings. The molecule has 2 aliphatic rings. The minimum atomic E-state index is 0.510. The van der Waals surface area contributed by atoms with Gasteiger partial charge in [-0.15, -0.1) is 0 Å². The second-order valence-electron chi connectivity index (χ2n) is 6.77. The fourth-order valence-corrected chi connectivity index (χ4v) is 2.75. The molecule has 24 heavy (non-hydrogen) atoms. The Balaban J connectivity index is 1.64. The molecule has 1 aromatic carbocycles. The van der Waals surface area contributed by atoms with Gasteiger partial charge in [-0.05, 0) is 44.7 Å². The lowest BCUT2D eigenvalue weighted by molar-refractivity contribution is 0.166. The van der Waals surface area contributed by atoms with E-state index in [9.17, 15) is 0 Å². The zero-order valence-electron chi connectivity index (χ0n) is 14.8. The monoisotopic (exact) mass is 331 g/mol. The van der Waals surface area contributed by atoms with Crippen LogP contribution in [0, 0.1) is 12.8 Å². The Morgan fingerprint density at radius 1 is 1.33 bits per heavy atom. The fraction of sp³-hybridized carbons (Fsp3) is 0.632. The smallest absolute Gasteiger partial charge is 0.191 e. The summed E-state index contributed by atoms with van der Waals surface area (Å²) in [5, 5.41) is 6.76. The highest BCUT2D eigenvalue weighted by atomic mass is 16.5. The van der Waals surface area contributed by atoms with Crippen LogP contribution in [0.2, 0.25) is 0 Å². The molecule has 1 unspecified atom stereocenters. The lowest BCUT2D eigenvalue weighted by atomic mass is 10.1. The molecule has 2 fully saturated rings. The largest absolute Gasteiger partial charge is 0.493 e. The summed E-state index contributed by atoms with van der Waals surface area (Å²) in [4.78, 5) is 4.72. The molecule has 1 saturated carbocycles. The SMILES string of the molecule is CCNC(=NCc1ccc(C)cc1OCC1CCOC1)NC1CC1. The molecule has 132 valence electrons. The summed E-state index contributed by atoms with van der Waals surface area (Å²) in [5.74, 6) is 2.36. The molecule has 0 radical (unpaired) electrons. The molecule has 0 bridgehead atoms. The highest BCUT2D eigenvalue weighted by Crippen LogP contribution is 2.24. The van der Waals surface area contributed by atoms with Gasteiger partial charge in [0.05, 0.1) is 19.8 Å². The number of hydrogen-bond donors (Lipinski definition) is 2. The number of nitrogens with one attached hydrogen (secondary N) is 2. The molecule has 5 heteroatoms. The van der Waals surface area contributed by atoms with E-state index in [1.54, 1.807) is 0 Å². The first-order valence-electron chi connectivity index (χ1n) is 9.09. The Morgan fingerprint density at radius 3 is 2.92 bits per heavy atom.